The van der Waals surface area contributed by atoms with E-state index in [2.05, 4.69) is 0 Å². The van der Waals surface area contributed by atoms with E-state index in [-0.39, 0.29) is 23.7 Å². The molecule has 3 atom stereocenters. The van der Waals surface area contributed by atoms with Crippen LogP contribution in [0.3, 0.4) is 0 Å². The topological polar surface area (TPSA) is 118 Å². The van der Waals surface area contributed by atoms with Gasteiger partial charge in [-0.2, -0.15) is 0 Å². The maximum absolute atomic E-state index is 11.8. The largest absolute Gasteiger partial charge is 0.544 e. The predicted molar refractivity (Wildman–Crippen MR) is 74.2 cm³/mol. The lowest BCUT2D eigenvalue weighted by Gasteiger charge is -2.50. The number of carbonyl (C=O) groups is 2. The molecule has 0 aromatic heterocycles. The Hall–Kier alpha value is -1.18. The fourth-order valence-corrected chi connectivity index (χ4v) is 2.61. The zero-order valence-corrected chi connectivity index (χ0v) is 13.2. The number of rotatable bonds is 10. The number of carbonyl (C=O) groups excluding carboxylic acids is 1. The van der Waals surface area contributed by atoms with Crippen LogP contribution in [0.25, 0.3) is 0 Å². The number of nitrogens with zero attached hydrogens (tertiary/aromatic N) is 1. The number of aliphatic carboxylic acids is 2. The van der Waals surface area contributed by atoms with Crippen molar-refractivity contribution in [1.82, 2.24) is 0 Å². The average Bonchev–Trinajstić information content (AvgIpc) is 2.30. The molecule has 7 nitrogen and oxygen atoms in total. The van der Waals surface area contributed by atoms with Crippen LogP contribution in [-0.4, -0.2) is 70.1 Å². The van der Waals surface area contributed by atoms with Gasteiger partial charge in [-0.1, -0.05) is 0 Å². The van der Waals surface area contributed by atoms with Crippen molar-refractivity contribution >= 4 is 11.9 Å². The van der Waals surface area contributed by atoms with Crippen molar-refractivity contribution in [3.8, 4) is 0 Å². The highest BCUT2D eigenvalue weighted by Crippen LogP contribution is 2.32. The first kappa shape index (κ1) is 19.8. The average molecular weight is 305 g/mol. The van der Waals surface area contributed by atoms with Crippen molar-refractivity contribution in [2.75, 3.05) is 20.6 Å². The minimum Gasteiger partial charge on any atom is -0.544 e. The lowest BCUT2D eigenvalue weighted by molar-refractivity contribution is -0.936. The third-order valence-corrected chi connectivity index (χ3v) is 4.03. The molecule has 0 aliphatic carbocycles. The molecule has 0 aromatic carbocycles. The molecule has 0 aliphatic heterocycles. The van der Waals surface area contributed by atoms with Crippen LogP contribution in [0.2, 0.25) is 0 Å². The molecular weight excluding hydrogens is 278 g/mol. The van der Waals surface area contributed by atoms with Crippen molar-refractivity contribution in [2.45, 2.75) is 57.3 Å². The quantitative estimate of drug-likeness (QED) is 0.444. The first-order valence-electron chi connectivity index (χ1n) is 7.07. The summed E-state index contributed by atoms with van der Waals surface area (Å²) in [7, 11) is 3.31. The minimum absolute atomic E-state index is 0.0571. The standard InChI is InChI=1S/C14H27NO6/c1-10(16)6-8-15(3,4)14(13(20)21,9-11(2)17)7-5-12(18)19/h10-11,16-17H,5-9H2,1-4H3,(H-,18,19,20,21). The van der Waals surface area contributed by atoms with E-state index < -0.39 is 29.7 Å². The molecule has 0 radical (unpaired) electrons. The van der Waals surface area contributed by atoms with Crippen LogP contribution in [0.15, 0.2) is 0 Å². The molecule has 0 aliphatic rings. The molecule has 0 amide bonds. The monoisotopic (exact) mass is 305 g/mol. The molecule has 124 valence electrons. The third kappa shape index (κ3) is 5.61. The summed E-state index contributed by atoms with van der Waals surface area (Å²) in [4.78, 5) is 22.6. The van der Waals surface area contributed by atoms with Crippen molar-refractivity contribution in [1.29, 1.82) is 0 Å². The summed E-state index contributed by atoms with van der Waals surface area (Å²) in [5.74, 6) is -2.47. The third-order valence-electron chi connectivity index (χ3n) is 4.03. The van der Waals surface area contributed by atoms with Crippen LogP contribution in [-0.2, 0) is 9.59 Å². The number of likely N-dealkylation sites (N-methyl/N-ethyl adjacent to an activating group) is 1. The molecule has 21 heavy (non-hydrogen) atoms. The lowest BCUT2D eigenvalue weighted by Crippen LogP contribution is -2.69. The Morgan fingerprint density at radius 1 is 1.19 bits per heavy atom. The van der Waals surface area contributed by atoms with E-state index in [1.807, 2.05) is 0 Å². The molecule has 0 spiro atoms. The number of carboxylic acids is 2. The van der Waals surface area contributed by atoms with Gasteiger partial charge in [-0.25, -0.2) is 0 Å². The highest BCUT2D eigenvalue weighted by Gasteiger charge is 2.47. The number of quaternary nitrogens is 1. The van der Waals surface area contributed by atoms with Crippen molar-refractivity contribution in [3.05, 3.63) is 0 Å². The van der Waals surface area contributed by atoms with Gasteiger partial charge in [-0.15, -0.1) is 0 Å². The van der Waals surface area contributed by atoms with Crippen molar-refractivity contribution in [3.63, 3.8) is 0 Å². The Bertz CT molecular complexity index is 366. The second-order valence-electron chi connectivity index (χ2n) is 6.31. The zero-order chi connectivity index (χ0) is 16.8. The summed E-state index contributed by atoms with van der Waals surface area (Å²) in [6.45, 7) is 3.40. The fraction of sp³-hybridized carbons (Fsp3) is 0.857. The van der Waals surface area contributed by atoms with E-state index in [1.165, 1.54) is 6.92 Å². The summed E-state index contributed by atoms with van der Waals surface area (Å²) < 4.78 is -0.0571. The van der Waals surface area contributed by atoms with Gasteiger partial charge < -0.3 is 29.7 Å². The van der Waals surface area contributed by atoms with Crippen LogP contribution in [0.5, 0.6) is 0 Å². The summed E-state index contributed by atoms with van der Waals surface area (Å²) in [5.41, 5.74) is -1.51. The lowest BCUT2D eigenvalue weighted by atomic mass is 9.83. The van der Waals surface area contributed by atoms with Crippen LogP contribution >= 0.6 is 0 Å². The van der Waals surface area contributed by atoms with Crippen LogP contribution in [0.4, 0.5) is 0 Å². The van der Waals surface area contributed by atoms with Gasteiger partial charge in [0, 0.05) is 19.3 Å². The second kappa shape index (κ2) is 7.72. The Labute approximate surface area is 125 Å². The molecular formula is C14H27NO6. The molecule has 0 fully saturated rings. The summed E-state index contributed by atoms with van der Waals surface area (Å²) in [6.07, 6.45) is -1.68. The molecule has 0 heterocycles. The Morgan fingerprint density at radius 2 is 1.71 bits per heavy atom. The van der Waals surface area contributed by atoms with Crippen molar-refractivity contribution in [2.24, 2.45) is 0 Å². The highest BCUT2D eigenvalue weighted by molar-refractivity contribution is 5.76. The normalized spacial score (nSPS) is 17.8. The molecule has 0 bridgehead atoms. The SMILES string of the molecule is CC(O)CC[N+](C)(C)C(CCC(=O)O)(CC(C)O)C(=O)[O-]. The Morgan fingerprint density at radius 3 is 2.05 bits per heavy atom. The minimum atomic E-state index is -1.51. The Kier molecular flexibility index (Phi) is 7.29. The van der Waals surface area contributed by atoms with Gasteiger partial charge in [0.25, 0.3) is 0 Å². The molecule has 0 aromatic rings. The number of hydrogen-bond acceptors (Lipinski definition) is 5. The highest BCUT2D eigenvalue weighted by atomic mass is 16.4. The number of aliphatic hydroxyl groups is 2. The van der Waals surface area contributed by atoms with E-state index >= 15 is 0 Å². The van der Waals surface area contributed by atoms with E-state index in [9.17, 15) is 24.9 Å². The molecule has 7 heteroatoms. The molecule has 0 saturated heterocycles. The second-order valence-corrected chi connectivity index (χ2v) is 6.31. The van der Waals surface area contributed by atoms with Crippen LogP contribution < -0.4 is 5.11 Å². The molecule has 0 rings (SSSR count). The number of carboxylic acid groups (broad SMARTS) is 2. The van der Waals surface area contributed by atoms with Gasteiger partial charge >= 0.3 is 5.97 Å². The maximum atomic E-state index is 11.8. The fourth-order valence-electron chi connectivity index (χ4n) is 2.61. The molecule has 0 saturated carbocycles. The van der Waals surface area contributed by atoms with E-state index in [0.717, 1.165) is 0 Å². The Balaban J connectivity index is 5.49. The number of hydrogen-bond donors (Lipinski definition) is 3. The predicted octanol–water partition coefficient (Wildman–Crippen LogP) is -1.04. The van der Waals surface area contributed by atoms with E-state index in [0.29, 0.717) is 13.0 Å². The maximum Gasteiger partial charge on any atom is 0.303 e. The smallest absolute Gasteiger partial charge is 0.303 e. The van der Waals surface area contributed by atoms with Gasteiger partial charge in [-0.05, 0) is 13.8 Å². The van der Waals surface area contributed by atoms with Gasteiger partial charge in [0.05, 0.1) is 39.3 Å². The van der Waals surface area contributed by atoms with Gasteiger partial charge in [0.15, 0.2) is 0 Å². The van der Waals surface area contributed by atoms with E-state index in [1.54, 1.807) is 21.0 Å². The van der Waals surface area contributed by atoms with Gasteiger partial charge in [0.1, 0.15) is 11.5 Å². The first-order chi connectivity index (χ1) is 9.44. The van der Waals surface area contributed by atoms with Crippen LogP contribution in [0.1, 0.15) is 39.5 Å². The van der Waals surface area contributed by atoms with E-state index in [4.69, 9.17) is 5.11 Å². The van der Waals surface area contributed by atoms with Gasteiger partial charge in [-0.3, -0.25) is 4.79 Å². The van der Waals surface area contributed by atoms with Gasteiger partial charge in [0.2, 0.25) is 0 Å². The summed E-state index contributed by atoms with van der Waals surface area (Å²) in [6, 6.07) is 0. The summed E-state index contributed by atoms with van der Waals surface area (Å²) >= 11 is 0. The first-order valence-corrected chi connectivity index (χ1v) is 7.07. The zero-order valence-electron chi connectivity index (χ0n) is 13.2. The summed E-state index contributed by atoms with van der Waals surface area (Å²) in [5, 5.41) is 39.7. The number of aliphatic hydroxyl groups excluding tert-OH is 2. The molecule has 3 N–H and O–H groups in total. The van der Waals surface area contributed by atoms with Crippen LogP contribution in [0, 0.1) is 0 Å². The molecule has 3 unspecified atom stereocenters. The van der Waals surface area contributed by atoms with Crippen molar-refractivity contribution < 1.29 is 34.5 Å².